The van der Waals surface area contributed by atoms with Gasteiger partial charge in [0.1, 0.15) is 5.75 Å². The van der Waals surface area contributed by atoms with Crippen LogP contribution in [0.5, 0.6) is 5.75 Å². The van der Waals surface area contributed by atoms with Crippen LogP contribution in [0.25, 0.3) is 0 Å². The molecule has 3 nitrogen and oxygen atoms in total. The lowest BCUT2D eigenvalue weighted by Crippen LogP contribution is -2.27. The van der Waals surface area contributed by atoms with Gasteiger partial charge in [0.2, 0.25) is 0 Å². The van der Waals surface area contributed by atoms with Crippen LogP contribution in [-0.4, -0.2) is 17.6 Å². The zero-order valence-corrected chi connectivity index (χ0v) is 11.2. The molecule has 92 valence electrons. The minimum atomic E-state index is -0.118. The first-order chi connectivity index (χ1) is 8.16. The Morgan fingerprint density at radius 1 is 1.47 bits per heavy atom. The van der Waals surface area contributed by atoms with Gasteiger partial charge >= 0.3 is 0 Å². The van der Waals surface area contributed by atoms with E-state index in [1.807, 2.05) is 0 Å². The first kappa shape index (κ1) is 12.4. The second-order valence-corrected chi connectivity index (χ2v) is 5.36. The van der Waals surface area contributed by atoms with E-state index in [0.29, 0.717) is 10.0 Å². The van der Waals surface area contributed by atoms with Crippen molar-refractivity contribution in [1.82, 2.24) is 5.32 Å². The Morgan fingerprint density at radius 3 is 2.82 bits per heavy atom. The van der Waals surface area contributed by atoms with Crippen LogP contribution in [0.1, 0.15) is 36.0 Å². The summed E-state index contributed by atoms with van der Waals surface area (Å²) >= 11 is 3.19. The highest BCUT2D eigenvalue weighted by molar-refractivity contribution is 9.10. The van der Waals surface area contributed by atoms with E-state index in [0.717, 1.165) is 18.9 Å². The highest BCUT2D eigenvalue weighted by atomic mass is 79.9. The van der Waals surface area contributed by atoms with Crippen molar-refractivity contribution in [3.05, 3.63) is 28.2 Å². The minimum Gasteiger partial charge on any atom is -0.507 e. The molecule has 2 N–H and O–H groups in total. The van der Waals surface area contributed by atoms with E-state index in [1.165, 1.54) is 25.3 Å². The summed E-state index contributed by atoms with van der Waals surface area (Å²) in [5.74, 6) is 0.775. The summed E-state index contributed by atoms with van der Waals surface area (Å²) in [5, 5.41) is 12.4. The zero-order valence-electron chi connectivity index (χ0n) is 9.58. The Morgan fingerprint density at radius 2 is 2.24 bits per heavy atom. The summed E-state index contributed by atoms with van der Waals surface area (Å²) in [7, 11) is 0. The number of phenolic OH excluding ortho intramolecular Hbond substituents is 1. The van der Waals surface area contributed by atoms with Crippen molar-refractivity contribution in [2.24, 2.45) is 5.92 Å². The number of hydrogen-bond donors (Lipinski definition) is 2. The fourth-order valence-electron chi connectivity index (χ4n) is 1.93. The summed E-state index contributed by atoms with van der Waals surface area (Å²) < 4.78 is 0.600. The summed E-state index contributed by atoms with van der Waals surface area (Å²) in [5.41, 5.74) is 0.499. The van der Waals surface area contributed by atoms with E-state index >= 15 is 0 Å². The number of halogens is 1. The minimum absolute atomic E-state index is 0.0941. The molecule has 1 aliphatic rings. The molecule has 0 aliphatic heterocycles. The highest BCUT2D eigenvalue weighted by Crippen LogP contribution is 2.28. The average molecular weight is 298 g/mol. The normalized spacial score (nSPS) is 15.4. The van der Waals surface area contributed by atoms with Crippen LogP contribution < -0.4 is 5.32 Å². The lowest BCUT2D eigenvalue weighted by Gasteiger charge is -2.25. The van der Waals surface area contributed by atoms with Gasteiger partial charge in [-0.25, -0.2) is 0 Å². The van der Waals surface area contributed by atoms with Crippen LogP contribution in [0, 0.1) is 5.92 Å². The lowest BCUT2D eigenvalue weighted by atomic mass is 9.83. The molecule has 1 saturated carbocycles. The molecule has 0 bridgehead atoms. The molecule has 2 rings (SSSR count). The van der Waals surface area contributed by atoms with E-state index in [1.54, 1.807) is 12.1 Å². The number of amides is 1. The Hall–Kier alpha value is -1.03. The molecule has 4 heteroatoms. The molecule has 1 fully saturated rings. The fraction of sp³-hybridized carbons (Fsp3) is 0.462. The van der Waals surface area contributed by atoms with Gasteiger partial charge in [0.05, 0.1) is 4.47 Å². The SMILES string of the molecule is O=C(NCCC1CCC1)c1ccc(Br)c(O)c1. The lowest BCUT2D eigenvalue weighted by molar-refractivity contribution is 0.0948. The van der Waals surface area contributed by atoms with Crippen molar-refractivity contribution in [1.29, 1.82) is 0 Å². The summed E-state index contributed by atoms with van der Waals surface area (Å²) in [4.78, 5) is 11.8. The van der Waals surface area contributed by atoms with Gasteiger partial charge in [0.25, 0.3) is 5.91 Å². The molecule has 0 spiro atoms. The third-order valence-corrected chi connectivity index (χ3v) is 3.94. The van der Waals surface area contributed by atoms with E-state index in [4.69, 9.17) is 0 Å². The predicted octanol–water partition coefficient (Wildman–Crippen LogP) is 3.07. The molecule has 1 aromatic carbocycles. The van der Waals surface area contributed by atoms with Crippen LogP contribution in [0.4, 0.5) is 0 Å². The maximum absolute atomic E-state index is 11.8. The fourth-order valence-corrected chi connectivity index (χ4v) is 2.17. The second-order valence-electron chi connectivity index (χ2n) is 4.51. The quantitative estimate of drug-likeness (QED) is 0.897. The number of benzene rings is 1. The van der Waals surface area contributed by atoms with E-state index in [-0.39, 0.29) is 11.7 Å². The van der Waals surface area contributed by atoms with Crippen LogP contribution in [0.3, 0.4) is 0 Å². The molecule has 1 aliphatic carbocycles. The third-order valence-electron chi connectivity index (χ3n) is 3.27. The molecular weight excluding hydrogens is 282 g/mol. The number of hydrogen-bond acceptors (Lipinski definition) is 2. The summed E-state index contributed by atoms with van der Waals surface area (Å²) in [6, 6.07) is 4.85. The van der Waals surface area contributed by atoms with Crippen molar-refractivity contribution in [2.45, 2.75) is 25.7 Å². The number of aromatic hydroxyl groups is 1. The number of rotatable bonds is 4. The monoisotopic (exact) mass is 297 g/mol. The summed E-state index contributed by atoms with van der Waals surface area (Å²) in [6.45, 7) is 0.723. The zero-order chi connectivity index (χ0) is 12.3. The van der Waals surface area contributed by atoms with Gasteiger partial charge in [-0.3, -0.25) is 4.79 Å². The van der Waals surface area contributed by atoms with Crippen LogP contribution in [-0.2, 0) is 0 Å². The Kier molecular flexibility index (Phi) is 4.05. The molecule has 0 saturated heterocycles. The molecular formula is C13H16BrNO2. The van der Waals surface area contributed by atoms with E-state index in [9.17, 15) is 9.90 Å². The topological polar surface area (TPSA) is 49.3 Å². The van der Waals surface area contributed by atoms with Crippen molar-refractivity contribution in [3.8, 4) is 5.75 Å². The van der Waals surface area contributed by atoms with Crippen LogP contribution in [0.15, 0.2) is 22.7 Å². The molecule has 0 atom stereocenters. The smallest absolute Gasteiger partial charge is 0.251 e. The van der Waals surface area contributed by atoms with Crippen molar-refractivity contribution < 1.29 is 9.90 Å². The number of carbonyl (C=O) groups excluding carboxylic acids is 1. The molecule has 0 heterocycles. The Labute approximate surface area is 109 Å². The largest absolute Gasteiger partial charge is 0.507 e. The van der Waals surface area contributed by atoms with Crippen molar-refractivity contribution >= 4 is 21.8 Å². The molecule has 1 amide bonds. The molecule has 17 heavy (non-hydrogen) atoms. The second kappa shape index (κ2) is 5.54. The first-order valence-corrected chi connectivity index (χ1v) is 6.73. The van der Waals surface area contributed by atoms with Crippen molar-refractivity contribution in [3.63, 3.8) is 0 Å². The van der Waals surface area contributed by atoms with Gasteiger partial charge in [-0.15, -0.1) is 0 Å². The van der Waals surface area contributed by atoms with Gasteiger partial charge in [0.15, 0.2) is 0 Å². The maximum Gasteiger partial charge on any atom is 0.251 e. The molecule has 1 aromatic rings. The first-order valence-electron chi connectivity index (χ1n) is 5.93. The number of carbonyl (C=O) groups is 1. The van der Waals surface area contributed by atoms with Crippen molar-refractivity contribution in [2.75, 3.05) is 6.54 Å². The van der Waals surface area contributed by atoms with Crippen LogP contribution in [0.2, 0.25) is 0 Å². The molecule has 0 radical (unpaired) electrons. The van der Waals surface area contributed by atoms with Gasteiger partial charge in [-0.05, 0) is 46.5 Å². The van der Waals surface area contributed by atoms with Gasteiger partial charge < -0.3 is 10.4 Å². The van der Waals surface area contributed by atoms with Gasteiger partial charge in [-0.2, -0.15) is 0 Å². The molecule has 0 aromatic heterocycles. The number of nitrogens with one attached hydrogen (secondary N) is 1. The van der Waals surface area contributed by atoms with Gasteiger partial charge in [0, 0.05) is 12.1 Å². The van der Waals surface area contributed by atoms with E-state index < -0.39 is 0 Å². The highest BCUT2D eigenvalue weighted by Gasteiger charge is 2.17. The van der Waals surface area contributed by atoms with Gasteiger partial charge in [-0.1, -0.05) is 19.3 Å². The third kappa shape index (κ3) is 3.22. The number of phenols is 1. The Balaban J connectivity index is 1.83. The standard InChI is InChI=1S/C13H16BrNO2/c14-11-5-4-10(8-12(11)16)13(17)15-7-6-9-2-1-3-9/h4-5,8-9,16H,1-3,6-7H2,(H,15,17). The Bertz CT molecular complexity index is 416. The van der Waals surface area contributed by atoms with Crippen LogP contribution >= 0.6 is 15.9 Å². The maximum atomic E-state index is 11.8. The van der Waals surface area contributed by atoms with E-state index in [2.05, 4.69) is 21.2 Å². The summed E-state index contributed by atoms with van der Waals surface area (Å²) in [6.07, 6.45) is 5.00. The predicted molar refractivity (Wildman–Crippen MR) is 70.1 cm³/mol. The average Bonchev–Trinajstić information content (AvgIpc) is 2.25. The molecule has 0 unspecified atom stereocenters.